The number of hydrazine groups is 1. The van der Waals surface area contributed by atoms with E-state index in [2.05, 4.69) is 5.43 Å². The Kier molecular flexibility index (Phi) is 5.82. The predicted molar refractivity (Wildman–Crippen MR) is 83.2 cm³/mol. The summed E-state index contributed by atoms with van der Waals surface area (Å²) in [5.74, 6) is 5.81. The van der Waals surface area contributed by atoms with Gasteiger partial charge < -0.3 is 4.74 Å². The Hall–Kier alpha value is -1.33. The van der Waals surface area contributed by atoms with Crippen LogP contribution >= 0.6 is 23.2 Å². The van der Waals surface area contributed by atoms with Crippen molar-refractivity contribution in [2.24, 2.45) is 5.84 Å². The van der Waals surface area contributed by atoms with Gasteiger partial charge in [-0.3, -0.25) is 11.3 Å². The fourth-order valence-electron chi connectivity index (χ4n) is 1.87. The molecule has 0 amide bonds. The topological polar surface area (TPSA) is 47.3 Å². The Morgan fingerprint density at radius 3 is 2.48 bits per heavy atom. The zero-order valence-electron chi connectivity index (χ0n) is 11.2. The molecule has 1 unspecified atom stereocenters. The van der Waals surface area contributed by atoms with Crippen LogP contribution in [0.3, 0.4) is 0 Å². The zero-order chi connectivity index (χ0) is 15.2. The molecule has 0 spiro atoms. The second-order valence-corrected chi connectivity index (χ2v) is 5.38. The smallest absolute Gasteiger partial charge is 0.127 e. The van der Waals surface area contributed by atoms with Crippen molar-refractivity contribution in [2.75, 3.05) is 6.61 Å². The van der Waals surface area contributed by atoms with Crippen LogP contribution < -0.4 is 16.0 Å². The molecular formula is C15H15Cl2FN2O. The summed E-state index contributed by atoms with van der Waals surface area (Å²) in [6.07, 6.45) is 0.329. The summed E-state index contributed by atoms with van der Waals surface area (Å²) in [4.78, 5) is 0. The molecule has 21 heavy (non-hydrogen) atoms. The Labute approximate surface area is 132 Å². The minimum atomic E-state index is -0.353. The third-order valence-electron chi connectivity index (χ3n) is 3.01. The third-order valence-corrected chi connectivity index (χ3v) is 3.62. The zero-order valence-corrected chi connectivity index (χ0v) is 12.7. The molecule has 1 atom stereocenters. The first-order valence-corrected chi connectivity index (χ1v) is 7.13. The Bertz CT molecular complexity index is 572. The van der Waals surface area contributed by atoms with E-state index in [-0.39, 0.29) is 18.5 Å². The van der Waals surface area contributed by atoms with Gasteiger partial charge in [0.2, 0.25) is 0 Å². The van der Waals surface area contributed by atoms with Crippen molar-refractivity contribution in [3.8, 4) is 5.75 Å². The summed E-state index contributed by atoms with van der Waals surface area (Å²) in [5.41, 5.74) is 3.03. The van der Waals surface area contributed by atoms with Gasteiger partial charge in [-0.2, -0.15) is 0 Å². The van der Waals surface area contributed by atoms with E-state index in [9.17, 15) is 4.39 Å². The van der Waals surface area contributed by atoms with Crippen molar-refractivity contribution >= 4 is 23.2 Å². The summed E-state index contributed by atoms with van der Waals surface area (Å²) in [5, 5.41) is 1.01. The molecule has 0 bridgehead atoms. The normalized spacial score (nSPS) is 12.2. The maximum absolute atomic E-state index is 13.7. The molecule has 2 aromatic rings. The van der Waals surface area contributed by atoms with Gasteiger partial charge in [-0.25, -0.2) is 4.39 Å². The summed E-state index contributed by atoms with van der Waals surface area (Å²) in [7, 11) is 0. The van der Waals surface area contributed by atoms with Crippen LogP contribution in [0.4, 0.5) is 4.39 Å². The van der Waals surface area contributed by atoms with Crippen LogP contribution in [0.1, 0.15) is 5.56 Å². The lowest BCUT2D eigenvalue weighted by Crippen LogP contribution is -2.41. The van der Waals surface area contributed by atoms with Gasteiger partial charge in [0, 0.05) is 15.6 Å². The van der Waals surface area contributed by atoms with Crippen molar-refractivity contribution in [3.05, 3.63) is 63.9 Å². The van der Waals surface area contributed by atoms with Crippen molar-refractivity contribution in [1.82, 2.24) is 5.43 Å². The van der Waals surface area contributed by atoms with Gasteiger partial charge in [0.05, 0.1) is 6.04 Å². The van der Waals surface area contributed by atoms with Gasteiger partial charge in [0.1, 0.15) is 18.2 Å². The molecule has 0 aliphatic carbocycles. The number of nitrogens with two attached hydrogens (primary N) is 1. The predicted octanol–water partition coefficient (Wildman–Crippen LogP) is 3.59. The maximum atomic E-state index is 13.7. The Balaban J connectivity index is 1.98. The Morgan fingerprint density at radius 1 is 1.14 bits per heavy atom. The molecule has 0 fully saturated rings. The minimum Gasteiger partial charge on any atom is -0.492 e. The standard InChI is InChI=1S/C15H15Cl2FN2O/c16-10-4-6-12(7-5-10)21-9-11(20-19)8-13-14(17)2-1-3-15(13)18/h1-7,11,20H,8-9,19H2. The fourth-order valence-corrected chi connectivity index (χ4v) is 2.23. The van der Waals surface area contributed by atoms with Crippen LogP contribution in [0, 0.1) is 5.82 Å². The van der Waals surface area contributed by atoms with E-state index in [4.69, 9.17) is 33.8 Å². The van der Waals surface area contributed by atoms with Crippen LogP contribution in [-0.2, 0) is 6.42 Å². The number of hydrogen-bond donors (Lipinski definition) is 2. The average Bonchev–Trinajstić information content (AvgIpc) is 2.48. The first-order valence-electron chi connectivity index (χ1n) is 6.37. The second-order valence-electron chi connectivity index (χ2n) is 4.53. The highest BCUT2D eigenvalue weighted by Crippen LogP contribution is 2.21. The van der Waals surface area contributed by atoms with Crippen molar-refractivity contribution in [2.45, 2.75) is 12.5 Å². The van der Waals surface area contributed by atoms with E-state index in [0.29, 0.717) is 27.8 Å². The van der Waals surface area contributed by atoms with E-state index < -0.39 is 0 Å². The molecule has 0 saturated carbocycles. The summed E-state index contributed by atoms with van der Waals surface area (Å²) in [6, 6.07) is 11.3. The van der Waals surface area contributed by atoms with Gasteiger partial charge >= 0.3 is 0 Å². The first kappa shape index (κ1) is 16.0. The molecule has 112 valence electrons. The maximum Gasteiger partial charge on any atom is 0.127 e. The van der Waals surface area contributed by atoms with Crippen LogP contribution in [0.15, 0.2) is 42.5 Å². The highest BCUT2D eigenvalue weighted by molar-refractivity contribution is 6.31. The molecule has 2 aromatic carbocycles. The molecule has 0 saturated heterocycles. The number of rotatable bonds is 6. The molecule has 0 aliphatic heterocycles. The van der Waals surface area contributed by atoms with Crippen molar-refractivity contribution in [3.63, 3.8) is 0 Å². The van der Waals surface area contributed by atoms with Gasteiger partial charge in [-0.1, -0.05) is 29.3 Å². The second kappa shape index (κ2) is 7.61. The number of nitrogens with one attached hydrogen (secondary N) is 1. The monoisotopic (exact) mass is 328 g/mol. The summed E-state index contributed by atoms with van der Waals surface area (Å²) < 4.78 is 19.3. The molecule has 2 rings (SSSR count). The quantitative estimate of drug-likeness (QED) is 0.629. The van der Waals surface area contributed by atoms with Crippen LogP contribution in [-0.4, -0.2) is 12.6 Å². The number of ether oxygens (including phenoxy) is 1. The molecule has 0 aromatic heterocycles. The third kappa shape index (κ3) is 4.58. The average molecular weight is 329 g/mol. The van der Waals surface area contributed by atoms with Crippen LogP contribution in [0.25, 0.3) is 0 Å². The van der Waals surface area contributed by atoms with Crippen molar-refractivity contribution < 1.29 is 9.13 Å². The summed E-state index contributed by atoms with van der Waals surface area (Å²) in [6.45, 7) is 0.281. The number of hydrogen-bond acceptors (Lipinski definition) is 3. The highest BCUT2D eigenvalue weighted by Gasteiger charge is 2.14. The molecular weight excluding hydrogens is 314 g/mol. The highest BCUT2D eigenvalue weighted by atomic mass is 35.5. The van der Waals surface area contributed by atoms with E-state index in [1.165, 1.54) is 6.07 Å². The van der Waals surface area contributed by atoms with Gasteiger partial charge in [0.25, 0.3) is 0 Å². The number of benzene rings is 2. The lowest BCUT2D eigenvalue weighted by atomic mass is 10.1. The van der Waals surface area contributed by atoms with Crippen LogP contribution in [0.5, 0.6) is 5.75 Å². The van der Waals surface area contributed by atoms with E-state index in [0.717, 1.165) is 0 Å². The largest absolute Gasteiger partial charge is 0.492 e. The minimum absolute atomic E-state index is 0.268. The van der Waals surface area contributed by atoms with Gasteiger partial charge in [-0.05, 0) is 42.8 Å². The SMILES string of the molecule is NNC(COc1ccc(Cl)cc1)Cc1c(F)cccc1Cl. The fraction of sp³-hybridized carbons (Fsp3) is 0.200. The number of halogens is 3. The molecule has 3 N–H and O–H groups in total. The van der Waals surface area contributed by atoms with E-state index in [1.807, 2.05) is 0 Å². The van der Waals surface area contributed by atoms with E-state index >= 15 is 0 Å². The molecule has 0 radical (unpaired) electrons. The Morgan fingerprint density at radius 2 is 1.86 bits per heavy atom. The van der Waals surface area contributed by atoms with Crippen molar-refractivity contribution in [1.29, 1.82) is 0 Å². The lowest BCUT2D eigenvalue weighted by molar-refractivity contribution is 0.263. The summed E-state index contributed by atoms with van der Waals surface area (Å²) >= 11 is 11.8. The lowest BCUT2D eigenvalue weighted by Gasteiger charge is -2.18. The van der Waals surface area contributed by atoms with Gasteiger partial charge in [-0.15, -0.1) is 0 Å². The molecule has 6 heteroatoms. The van der Waals surface area contributed by atoms with Gasteiger partial charge in [0.15, 0.2) is 0 Å². The first-order chi connectivity index (χ1) is 10.1. The molecule has 0 heterocycles. The molecule has 3 nitrogen and oxygen atoms in total. The van der Waals surface area contributed by atoms with E-state index in [1.54, 1.807) is 36.4 Å². The van der Waals surface area contributed by atoms with Crippen LogP contribution in [0.2, 0.25) is 10.0 Å². The molecule has 0 aliphatic rings.